The predicted molar refractivity (Wildman–Crippen MR) is 238 cm³/mol. The minimum atomic E-state index is -3.17. The largest absolute Gasteiger partial charge is 0.508 e. The molecular formula is C50H55N3O14. The number of carboxylic acids is 1. The second-order valence-corrected chi connectivity index (χ2v) is 19.3. The fourth-order valence-corrected chi connectivity index (χ4v) is 13.4. The highest BCUT2D eigenvalue weighted by atomic mass is 16.8. The van der Waals surface area contributed by atoms with E-state index in [-0.39, 0.29) is 41.2 Å². The number of imidazole rings is 1. The van der Waals surface area contributed by atoms with Crippen LogP contribution in [0.4, 0.5) is 5.69 Å². The molecule has 0 radical (unpaired) electrons. The van der Waals surface area contributed by atoms with E-state index in [1.54, 1.807) is 30.5 Å². The van der Waals surface area contributed by atoms with E-state index >= 15 is 4.79 Å². The van der Waals surface area contributed by atoms with E-state index in [1.807, 2.05) is 12.1 Å². The number of aliphatic carboxylic acids is 1. The monoisotopic (exact) mass is 921 g/mol. The lowest BCUT2D eigenvalue weighted by molar-refractivity contribution is -0.422. The number of H-pyrrole nitrogens is 1. The van der Waals surface area contributed by atoms with Crippen LogP contribution in [0.5, 0.6) is 23.0 Å². The molecule has 3 heterocycles. The number of aryl methyl sites for hydroxylation is 1. The number of benzene rings is 3. The van der Waals surface area contributed by atoms with Crippen molar-refractivity contribution in [3.8, 4) is 23.0 Å². The van der Waals surface area contributed by atoms with Gasteiger partial charge in [0.05, 0.1) is 18.6 Å². The Bertz CT molecular complexity index is 2670. The molecule has 1 saturated heterocycles. The number of carboxylic acid groups (broad SMARTS) is 1. The number of rotatable bonds is 10. The zero-order chi connectivity index (χ0) is 47.2. The van der Waals surface area contributed by atoms with Gasteiger partial charge in [0.15, 0.2) is 23.1 Å². The third-order valence-corrected chi connectivity index (χ3v) is 16.1. The smallest absolute Gasteiger partial charge is 0.355 e. The van der Waals surface area contributed by atoms with Gasteiger partial charge in [-0.25, -0.2) is 9.78 Å². The van der Waals surface area contributed by atoms with Crippen molar-refractivity contribution in [1.82, 2.24) is 9.97 Å². The number of aliphatic hydroxyl groups excluding tert-OH is 5. The first-order valence-electron chi connectivity index (χ1n) is 22.9. The van der Waals surface area contributed by atoms with E-state index in [1.165, 1.54) is 36.7 Å². The van der Waals surface area contributed by atoms with Gasteiger partial charge in [0.1, 0.15) is 29.8 Å². The molecule has 354 valence electrons. The number of hydrogen-bond acceptors (Lipinski definition) is 14. The topological polar surface area (TPSA) is 287 Å². The lowest BCUT2D eigenvalue weighted by Gasteiger charge is -2.63. The number of aromatic amines is 1. The van der Waals surface area contributed by atoms with Crippen molar-refractivity contribution in [2.24, 2.45) is 17.3 Å². The maximum Gasteiger partial charge on any atom is 0.355 e. The van der Waals surface area contributed by atoms with Gasteiger partial charge in [0, 0.05) is 64.9 Å². The third kappa shape index (κ3) is 6.57. The van der Waals surface area contributed by atoms with Crippen LogP contribution in [0.25, 0.3) is 6.08 Å². The van der Waals surface area contributed by atoms with E-state index in [0.29, 0.717) is 49.7 Å². The molecule has 11 unspecified atom stereocenters. The number of nitrogens with zero attached hydrogens (tertiary/aromatic N) is 2. The van der Waals surface area contributed by atoms with Crippen LogP contribution in [-0.2, 0) is 32.6 Å². The summed E-state index contributed by atoms with van der Waals surface area (Å²) in [6.07, 6.45) is 5.64. The Hall–Kier alpha value is -5.79. The van der Waals surface area contributed by atoms with Crippen LogP contribution in [0, 0.1) is 17.3 Å². The highest BCUT2D eigenvalue weighted by molar-refractivity contribution is 6.13. The van der Waals surface area contributed by atoms with Gasteiger partial charge >= 0.3 is 11.9 Å². The Kier molecular flexibility index (Phi) is 11.1. The summed E-state index contributed by atoms with van der Waals surface area (Å²) in [6.45, 7) is -1.07. The van der Waals surface area contributed by atoms with E-state index in [4.69, 9.17) is 9.47 Å². The normalized spacial score (nSPS) is 34.1. The minimum absolute atomic E-state index is 0.00925. The van der Waals surface area contributed by atoms with Gasteiger partial charge in [-0.2, -0.15) is 0 Å². The van der Waals surface area contributed by atoms with Gasteiger partial charge in [-0.3, -0.25) is 9.69 Å². The fraction of sp³-hybridized carbons (Fsp3) is 0.460. The molecule has 2 saturated carbocycles. The lowest BCUT2D eigenvalue weighted by Crippen LogP contribution is -2.67. The van der Waals surface area contributed by atoms with Gasteiger partial charge in [0.25, 0.3) is 5.91 Å². The zero-order valence-electron chi connectivity index (χ0n) is 36.5. The number of phenolic OH excluding ortho intramolecular Hbond substituents is 3. The second kappa shape index (κ2) is 16.5. The van der Waals surface area contributed by atoms with Gasteiger partial charge < -0.3 is 65.5 Å². The fourth-order valence-electron chi connectivity index (χ4n) is 13.4. The SMILES string of the molecule is O=C(C=Cc1ccc(O)c(Cc2cnc[nH]2)c1)N1c2cc(OC3(O)OC(CO)C(O)C(O)C3O)c(O)cc2C2C1(C(=O)O)C=C1CC(CO)CCC12C12CCCCC1CCc1cccc(O)c12. The summed E-state index contributed by atoms with van der Waals surface area (Å²) in [6, 6.07) is 12.7. The molecule has 4 aromatic rings. The van der Waals surface area contributed by atoms with Gasteiger partial charge in [-0.15, -0.1) is 0 Å². The summed E-state index contributed by atoms with van der Waals surface area (Å²) in [5.74, 6) is -7.84. The van der Waals surface area contributed by atoms with Crippen LogP contribution in [-0.4, -0.2) is 122 Å². The molecule has 17 heteroatoms. The maximum absolute atomic E-state index is 15.3. The van der Waals surface area contributed by atoms with Crippen LogP contribution in [0.15, 0.2) is 78.8 Å². The summed E-state index contributed by atoms with van der Waals surface area (Å²) >= 11 is 0. The number of ether oxygens (including phenoxy) is 2. The molecule has 17 nitrogen and oxygen atoms in total. The Balaban J connectivity index is 1.19. The lowest BCUT2D eigenvalue weighted by atomic mass is 9.39. The number of aromatic nitrogens is 2. The van der Waals surface area contributed by atoms with Crippen molar-refractivity contribution < 1.29 is 70.1 Å². The van der Waals surface area contributed by atoms with Crippen LogP contribution in [0.1, 0.15) is 90.8 Å². The van der Waals surface area contributed by atoms with E-state index in [9.17, 15) is 55.9 Å². The summed E-state index contributed by atoms with van der Waals surface area (Å²) in [4.78, 5) is 38.3. The molecule has 1 aromatic heterocycles. The van der Waals surface area contributed by atoms with Gasteiger partial charge in [0.2, 0.25) is 0 Å². The van der Waals surface area contributed by atoms with Gasteiger partial charge in [-0.1, -0.05) is 36.6 Å². The molecule has 11 N–H and O–H groups in total. The molecule has 2 aliphatic heterocycles. The number of aromatic hydroxyl groups is 3. The van der Waals surface area contributed by atoms with Crippen molar-refractivity contribution in [2.45, 2.75) is 111 Å². The van der Waals surface area contributed by atoms with Crippen molar-refractivity contribution in [3.05, 3.63) is 112 Å². The Morgan fingerprint density at radius 2 is 1.75 bits per heavy atom. The van der Waals surface area contributed by atoms with Crippen molar-refractivity contribution in [2.75, 3.05) is 18.1 Å². The van der Waals surface area contributed by atoms with Crippen molar-refractivity contribution in [1.29, 1.82) is 0 Å². The molecule has 4 aliphatic carbocycles. The molecule has 3 fully saturated rings. The van der Waals surface area contributed by atoms with Crippen LogP contribution >= 0.6 is 0 Å². The Labute approximate surface area is 384 Å². The molecule has 0 bridgehead atoms. The Morgan fingerprint density at radius 1 is 0.925 bits per heavy atom. The van der Waals surface area contributed by atoms with E-state index < -0.39 is 82.7 Å². The molecule has 3 aromatic carbocycles. The van der Waals surface area contributed by atoms with Crippen molar-refractivity contribution >= 4 is 23.6 Å². The first kappa shape index (κ1) is 45.0. The van der Waals surface area contributed by atoms with E-state index in [2.05, 4.69) is 9.97 Å². The van der Waals surface area contributed by atoms with Crippen LogP contribution < -0.4 is 9.64 Å². The molecule has 1 amide bonds. The number of fused-ring (bicyclic) bond motifs is 9. The molecule has 10 rings (SSSR count). The first-order valence-corrected chi connectivity index (χ1v) is 22.9. The number of nitrogens with one attached hydrogen (secondary N) is 1. The average Bonchev–Trinajstić information content (AvgIpc) is 4.02. The van der Waals surface area contributed by atoms with Crippen LogP contribution in [0.2, 0.25) is 0 Å². The number of anilines is 1. The van der Waals surface area contributed by atoms with Crippen LogP contribution in [0.3, 0.4) is 0 Å². The zero-order valence-corrected chi connectivity index (χ0v) is 36.5. The second-order valence-electron chi connectivity index (χ2n) is 19.3. The number of aliphatic hydroxyl groups is 6. The molecule has 67 heavy (non-hydrogen) atoms. The standard InChI is InChI=1S/C50H55N3O14/c54-23-27-13-15-48(47-14-2-1-5-30(47)10-9-28-4-3-6-36(57)41(28)47)31(17-27)21-49(46(63)64)44(48)33-19-37(58)38(66-50(65)45(62)43(61)42(60)39(24-55)67-50)20-34(33)53(49)40(59)12-8-26-7-11-35(56)29(16-26)18-32-22-51-25-52-32/h3-4,6-8,11-12,16,19-22,25,27,30,39,42-45,54-58,60-62,65H,1-2,5,9-10,13-15,17-18,23-24H2,(H,51,52)(H,63,64). The number of allylic oxidation sites excluding steroid dienone is 1. The number of carbonyl (C=O) groups is 2. The summed E-state index contributed by atoms with van der Waals surface area (Å²) in [7, 11) is 0. The highest BCUT2D eigenvalue weighted by Gasteiger charge is 2.76. The minimum Gasteiger partial charge on any atom is -0.508 e. The third-order valence-electron chi connectivity index (χ3n) is 16.1. The van der Waals surface area contributed by atoms with E-state index in [0.717, 1.165) is 53.0 Å². The molecular weight excluding hydrogens is 867 g/mol. The van der Waals surface area contributed by atoms with Gasteiger partial charge in [-0.05, 0) is 110 Å². The first-order chi connectivity index (χ1) is 32.1. The predicted octanol–water partition coefficient (Wildman–Crippen LogP) is 3.38. The number of carbonyl (C=O) groups excluding carboxylic acids is 1. The maximum atomic E-state index is 15.3. The number of amides is 1. The molecule has 11 atom stereocenters. The summed E-state index contributed by atoms with van der Waals surface area (Å²) in [5.41, 5.74) is 0.305. The highest BCUT2D eigenvalue weighted by Crippen LogP contribution is 2.78. The summed E-state index contributed by atoms with van der Waals surface area (Å²) < 4.78 is 11.1. The number of phenols is 3. The summed E-state index contributed by atoms with van der Waals surface area (Å²) in [5, 5.41) is 111. The quantitative estimate of drug-likeness (QED) is 0.0618. The molecule has 6 aliphatic rings. The average molecular weight is 922 g/mol. The van der Waals surface area contributed by atoms with Crippen molar-refractivity contribution in [3.63, 3.8) is 0 Å². The Morgan fingerprint density at radius 3 is 2.49 bits per heavy atom. The number of hydrogen-bond donors (Lipinski definition) is 11. The molecule has 0 spiro atoms.